The van der Waals surface area contributed by atoms with Crippen LogP contribution in [0.3, 0.4) is 0 Å². The summed E-state index contributed by atoms with van der Waals surface area (Å²) in [5.41, 5.74) is 7.41. The third kappa shape index (κ3) is 2.02. The van der Waals surface area contributed by atoms with Gasteiger partial charge in [-0.1, -0.05) is 24.3 Å². The van der Waals surface area contributed by atoms with Gasteiger partial charge in [0.1, 0.15) is 0 Å². The van der Waals surface area contributed by atoms with Crippen molar-refractivity contribution in [3.8, 4) is 0 Å². The first kappa shape index (κ1) is 9.81. The largest absolute Gasteiger partial charge is 0.327 e. The summed E-state index contributed by atoms with van der Waals surface area (Å²) in [5, 5.41) is 0. The standard InChI is InChI=1S/C12H15NS/c13-12-4-2-1-3-11(12)9-5-7-10(14)8-6-9/h1-2,5-8,11-12,14H,3-4,13H2. The molecule has 0 radical (unpaired) electrons. The molecule has 0 spiro atoms. The minimum atomic E-state index is 0.269. The topological polar surface area (TPSA) is 26.0 Å². The fraction of sp³-hybridized carbons (Fsp3) is 0.333. The van der Waals surface area contributed by atoms with E-state index in [0.717, 1.165) is 17.7 Å². The van der Waals surface area contributed by atoms with Gasteiger partial charge in [-0.15, -0.1) is 12.6 Å². The van der Waals surface area contributed by atoms with Crippen molar-refractivity contribution in [3.63, 3.8) is 0 Å². The van der Waals surface area contributed by atoms with Crippen molar-refractivity contribution in [2.45, 2.75) is 29.7 Å². The molecule has 1 nitrogen and oxygen atoms in total. The van der Waals surface area contributed by atoms with E-state index in [-0.39, 0.29) is 6.04 Å². The molecule has 2 rings (SSSR count). The van der Waals surface area contributed by atoms with Crippen LogP contribution in [0.4, 0.5) is 0 Å². The Morgan fingerprint density at radius 1 is 1.07 bits per heavy atom. The van der Waals surface area contributed by atoms with Crippen LogP contribution < -0.4 is 5.73 Å². The Morgan fingerprint density at radius 3 is 2.36 bits per heavy atom. The zero-order chi connectivity index (χ0) is 9.97. The summed E-state index contributed by atoms with van der Waals surface area (Å²) in [6.45, 7) is 0. The van der Waals surface area contributed by atoms with Gasteiger partial charge in [-0.3, -0.25) is 0 Å². The van der Waals surface area contributed by atoms with Crippen LogP contribution in [0, 0.1) is 0 Å². The number of hydrogen-bond acceptors (Lipinski definition) is 2. The van der Waals surface area contributed by atoms with Gasteiger partial charge in [0.25, 0.3) is 0 Å². The van der Waals surface area contributed by atoms with E-state index < -0.39 is 0 Å². The third-order valence-corrected chi connectivity index (χ3v) is 3.10. The summed E-state index contributed by atoms with van der Waals surface area (Å²) in [5.74, 6) is 0.480. The molecular weight excluding hydrogens is 190 g/mol. The molecule has 0 aliphatic heterocycles. The minimum Gasteiger partial charge on any atom is -0.327 e. The molecule has 1 aliphatic carbocycles. The smallest absolute Gasteiger partial charge is 0.0145 e. The van der Waals surface area contributed by atoms with Crippen LogP contribution in [-0.2, 0) is 0 Å². The van der Waals surface area contributed by atoms with Crippen LogP contribution in [0.25, 0.3) is 0 Å². The normalized spacial score (nSPS) is 26.4. The van der Waals surface area contributed by atoms with Gasteiger partial charge < -0.3 is 5.73 Å². The lowest BCUT2D eigenvalue weighted by Crippen LogP contribution is -2.29. The van der Waals surface area contributed by atoms with E-state index in [9.17, 15) is 0 Å². The quantitative estimate of drug-likeness (QED) is 0.535. The molecule has 0 fully saturated rings. The van der Waals surface area contributed by atoms with Crippen molar-refractivity contribution in [2.75, 3.05) is 0 Å². The van der Waals surface area contributed by atoms with Gasteiger partial charge in [0.2, 0.25) is 0 Å². The molecule has 1 aliphatic rings. The minimum absolute atomic E-state index is 0.269. The number of allylic oxidation sites excluding steroid dienone is 1. The van der Waals surface area contributed by atoms with E-state index >= 15 is 0 Å². The first-order valence-electron chi connectivity index (χ1n) is 4.97. The maximum atomic E-state index is 6.08. The molecule has 2 heteroatoms. The van der Waals surface area contributed by atoms with Crippen LogP contribution in [0.15, 0.2) is 41.3 Å². The van der Waals surface area contributed by atoms with Gasteiger partial charge in [-0.25, -0.2) is 0 Å². The summed E-state index contributed by atoms with van der Waals surface area (Å²) in [6.07, 6.45) is 6.46. The van der Waals surface area contributed by atoms with Crippen molar-refractivity contribution in [2.24, 2.45) is 5.73 Å². The predicted octanol–water partition coefficient (Wildman–Crippen LogP) is 2.74. The first-order chi connectivity index (χ1) is 6.77. The van der Waals surface area contributed by atoms with Gasteiger partial charge in [0.15, 0.2) is 0 Å². The number of nitrogens with two attached hydrogens (primary N) is 1. The van der Waals surface area contributed by atoms with E-state index in [2.05, 4.69) is 36.9 Å². The molecule has 0 saturated heterocycles. The second-order valence-electron chi connectivity index (χ2n) is 3.80. The Bertz CT molecular complexity index is 329. The van der Waals surface area contributed by atoms with Crippen molar-refractivity contribution in [1.82, 2.24) is 0 Å². The Morgan fingerprint density at radius 2 is 1.71 bits per heavy atom. The highest BCUT2D eigenvalue weighted by molar-refractivity contribution is 7.80. The van der Waals surface area contributed by atoms with E-state index in [1.165, 1.54) is 5.56 Å². The molecule has 0 aromatic heterocycles. The summed E-state index contributed by atoms with van der Waals surface area (Å²) in [4.78, 5) is 1.01. The average molecular weight is 205 g/mol. The maximum Gasteiger partial charge on any atom is 0.0145 e. The zero-order valence-corrected chi connectivity index (χ0v) is 8.95. The number of benzene rings is 1. The third-order valence-electron chi connectivity index (χ3n) is 2.80. The summed E-state index contributed by atoms with van der Waals surface area (Å²) in [7, 11) is 0. The van der Waals surface area contributed by atoms with Crippen LogP contribution in [0.1, 0.15) is 24.3 Å². The maximum absolute atomic E-state index is 6.08. The monoisotopic (exact) mass is 205 g/mol. The van der Waals surface area contributed by atoms with Gasteiger partial charge >= 0.3 is 0 Å². The SMILES string of the molecule is NC1CC=CCC1c1ccc(S)cc1. The molecule has 0 amide bonds. The zero-order valence-electron chi connectivity index (χ0n) is 8.06. The van der Waals surface area contributed by atoms with E-state index in [1.54, 1.807) is 0 Å². The molecule has 0 heterocycles. The van der Waals surface area contributed by atoms with Crippen molar-refractivity contribution < 1.29 is 0 Å². The van der Waals surface area contributed by atoms with Crippen LogP contribution in [-0.4, -0.2) is 6.04 Å². The van der Waals surface area contributed by atoms with Crippen molar-refractivity contribution in [3.05, 3.63) is 42.0 Å². The summed E-state index contributed by atoms with van der Waals surface area (Å²) in [6, 6.07) is 8.59. The Balaban J connectivity index is 2.21. The lowest BCUT2D eigenvalue weighted by Gasteiger charge is -2.25. The van der Waals surface area contributed by atoms with Crippen LogP contribution in [0.5, 0.6) is 0 Å². The van der Waals surface area contributed by atoms with Crippen LogP contribution in [0.2, 0.25) is 0 Å². The number of hydrogen-bond donors (Lipinski definition) is 2. The van der Waals surface area contributed by atoms with Gasteiger partial charge in [0, 0.05) is 16.9 Å². The summed E-state index contributed by atoms with van der Waals surface area (Å²) < 4.78 is 0. The molecule has 1 aromatic carbocycles. The molecule has 2 atom stereocenters. The molecule has 14 heavy (non-hydrogen) atoms. The molecule has 2 N–H and O–H groups in total. The molecule has 0 saturated carbocycles. The van der Waals surface area contributed by atoms with Gasteiger partial charge in [-0.05, 0) is 30.5 Å². The second-order valence-corrected chi connectivity index (χ2v) is 4.32. The van der Waals surface area contributed by atoms with E-state index in [1.807, 2.05) is 12.1 Å². The lowest BCUT2D eigenvalue weighted by atomic mass is 9.84. The average Bonchev–Trinajstić information content (AvgIpc) is 2.20. The lowest BCUT2D eigenvalue weighted by molar-refractivity contribution is 0.521. The highest BCUT2D eigenvalue weighted by Gasteiger charge is 2.19. The van der Waals surface area contributed by atoms with E-state index in [4.69, 9.17) is 5.73 Å². The van der Waals surface area contributed by atoms with Crippen molar-refractivity contribution in [1.29, 1.82) is 0 Å². The fourth-order valence-electron chi connectivity index (χ4n) is 1.94. The molecule has 74 valence electrons. The molecular formula is C12H15NS. The Labute approximate surface area is 90.4 Å². The molecule has 0 bridgehead atoms. The molecule has 1 aromatic rings. The molecule has 2 unspecified atom stereocenters. The number of thiol groups is 1. The Kier molecular flexibility index (Phi) is 2.94. The highest BCUT2D eigenvalue weighted by atomic mass is 32.1. The van der Waals surface area contributed by atoms with Gasteiger partial charge in [-0.2, -0.15) is 0 Å². The van der Waals surface area contributed by atoms with Crippen LogP contribution >= 0.6 is 12.6 Å². The van der Waals surface area contributed by atoms with Crippen molar-refractivity contribution >= 4 is 12.6 Å². The second kappa shape index (κ2) is 4.20. The van der Waals surface area contributed by atoms with Gasteiger partial charge in [0.05, 0.1) is 0 Å². The number of rotatable bonds is 1. The Hall–Kier alpha value is -0.730. The van der Waals surface area contributed by atoms with E-state index in [0.29, 0.717) is 5.92 Å². The fourth-order valence-corrected chi connectivity index (χ4v) is 2.09. The summed E-state index contributed by atoms with van der Waals surface area (Å²) >= 11 is 4.27. The predicted molar refractivity (Wildman–Crippen MR) is 62.8 cm³/mol. The highest BCUT2D eigenvalue weighted by Crippen LogP contribution is 2.28. The first-order valence-corrected chi connectivity index (χ1v) is 5.41.